The Morgan fingerprint density at radius 2 is 1.77 bits per heavy atom. The number of nitrogens with one attached hydrogen (secondary N) is 1. The summed E-state index contributed by atoms with van der Waals surface area (Å²) in [5, 5.41) is 14.2. The van der Waals surface area contributed by atoms with Crippen LogP contribution in [0.4, 0.5) is 0 Å². The van der Waals surface area contributed by atoms with E-state index in [9.17, 15) is 4.79 Å². The van der Waals surface area contributed by atoms with E-state index in [4.69, 9.17) is 0 Å². The number of H-pyrrole nitrogens is 1. The van der Waals surface area contributed by atoms with Crippen LogP contribution in [0.1, 0.15) is 72.3 Å². The lowest BCUT2D eigenvalue weighted by atomic mass is 9.95. The summed E-state index contributed by atoms with van der Waals surface area (Å²) in [7, 11) is 0. The molecular weight excluding hydrogens is 486 g/mol. The first-order chi connectivity index (χ1) is 19.2. The van der Waals surface area contributed by atoms with Crippen molar-refractivity contribution in [3.05, 3.63) is 118 Å². The SMILES string of the molecule is Cc1ccc2cc([C@@H](c3nnnn3C3CCCCC3)N(Cc3ccccc3)Cc3cccnc3)c(=O)[nH]c2c1. The average Bonchev–Trinajstić information content (AvgIpc) is 3.44. The van der Waals surface area contributed by atoms with Crippen LogP contribution < -0.4 is 5.56 Å². The molecule has 3 aromatic heterocycles. The minimum Gasteiger partial charge on any atom is -0.322 e. The Morgan fingerprint density at radius 3 is 2.56 bits per heavy atom. The van der Waals surface area contributed by atoms with Gasteiger partial charge in [-0.3, -0.25) is 14.7 Å². The number of rotatable bonds is 8. The summed E-state index contributed by atoms with van der Waals surface area (Å²) >= 11 is 0. The summed E-state index contributed by atoms with van der Waals surface area (Å²) < 4.78 is 1.99. The van der Waals surface area contributed by atoms with Gasteiger partial charge in [-0.15, -0.1) is 5.10 Å². The molecule has 6 rings (SSSR count). The van der Waals surface area contributed by atoms with E-state index in [2.05, 4.69) is 60.7 Å². The number of aryl methyl sites for hydroxylation is 1. The molecule has 8 heteroatoms. The van der Waals surface area contributed by atoms with Gasteiger partial charge in [0.05, 0.1) is 6.04 Å². The van der Waals surface area contributed by atoms with Gasteiger partial charge in [-0.25, -0.2) is 4.68 Å². The third-order valence-electron chi connectivity index (χ3n) is 7.71. The number of benzene rings is 2. The highest BCUT2D eigenvalue weighted by Crippen LogP contribution is 2.34. The molecule has 2 aromatic carbocycles. The monoisotopic (exact) mass is 519 g/mol. The van der Waals surface area contributed by atoms with Gasteiger partial charge in [0.1, 0.15) is 6.04 Å². The normalized spacial score (nSPS) is 15.1. The van der Waals surface area contributed by atoms with Crippen molar-refractivity contribution in [2.75, 3.05) is 0 Å². The highest BCUT2D eigenvalue weighted by atomic mass is 16.1. The van der Waals surface area contributed by atoms with E-state index in [1.165, 1.54) is 6.42 Å². The Hall–Kier alpha value is -4.17. The van der Waals surface area contributed by atoms with Gasteiger partial charge >= 0.3 is 0 Å². The summed E-state index contributed by atoms with van der Waals surface area (Å²) in [5.41, 5.74) is 4.65. The van der Waals surface area contributed by atoms with Crippen LogP contribution in [-0.2, 0) is 13.1 Å². The first-order valence-electron chi connectivity index (χ1n) is 13.7. The lowest BCUT2D eigenvalue weighted by molar-refractivity contribution is 0.186. The molecule has 0 unspecified atom stereocenters. The van der Waals surface area contributed by atoms with Gasteiger partial charge in [0.2, 0.25) is 0 Å². The lowest BCUT2D eigenvalue weighted by Crippen LogP contribution is -2.35. The first-order valence-corrected chi connectivity index (χ1v) is 13.7. The quantitative estimate of drug-likeness (QED) is 0.290. The Bertz CT molecular complexity index is 1550. The van der Waals surface area contributed by atoms with Gasteiger partial charge in [-0.1, -0.05) is 67.8 Å². The summed E-state index contributed by atoms with van der Waals surface area (Å²) in [4.78, 5) is 23.6. The zero-order valence-electron chi connectivity index (χ0n) is 22.2. The topological polar surface area (TPSA) is 92.6 Å². The molecule has 1 aliphatic rings. The molecule has 1 fully saturated rings. The number of fused-ring (bicyclic) bond motifs is 1. The van der Waals surface area contributed by atoms with E-state index in [1.54, 1.807) is 6.20 Å². The molecule has 1 N–H and O–H groups in total. The Morgan fingerprint density at radius 1 is 0.974 bits per heavy atom. The second kappa shape index (κ2) is 11.3. The van der Waals surface area contributed by atoms with Crippen LogP contribution in [0.15, 0.2) is 83.9 Å². The van der Waals surface area contributed by atoms with Crippen molar-refractivity contribution in [1.29, 1.82) is 0 Å². The highest BCUT2D eigenvalue weighted by Gasteiger charge is 2.33. The van der Waals surface area contributed by atoms with E-state index < -0.39 is 6.04 Å². The molecule has 0 radical (unpaired) electrons. The van der Waals surface area contributed by atoms with Crippen LogP contribution in [0, 0.1) is 6.92 Å². The maximum atomic E-state index is 13.8. The van der Waals surface area contributed by atoms with Crippen molar-refractivity contribution in [3.63, 3.8) is 0 Å². The van der Waals surface area contributed by atoms with Crippen LogP contribution in [-0.4, -0.2) is 35.1 Å². The molecular formula is C31H33N7O. The summed E-state index contributed by atoms with van der Waals surface area (Å²) in [5.74, 6) is 0.707. The minimum atomic E-state index is -0.461. The van der Waals surface area contributed by atoms with Crippen molar-refractivity contribution in [2.45, 2.75) is 64.2 Å². The smallest absolute Gasteiger partial charge is 0.253 e. The van der Waals surface area contributed by atoms with Gasteiger partial charge in [0, 0.05) is 36.6 Å². The van der Waals surface area contributed by atoms with Gasteiger partial charge in [0.25, 0.3) is 5.56 Å². The van der Waals surface area contributed by atoms with Crippen molar-refractivity contribution in [1.82, 2.24) is 35.1 Å². The second-order valence-electron chi connectivity index (χ2n) is 10.6. The van der Waals surface area contributed by atoms with Gasteiger partial charge in [-0.05, 0) is 70.5 Å². The molecule has 39 heavy (non-hydrogen) atoms. The maximum Gasteiger partial charge on any atom is 0.253 e. The van der Waals surface area contributed by atoms with Gasteiger partial charge in [-0.2, -0.15) is 0 Å². The number of hydrogen-bond donors (Lipinski definition) is 1. The Labute approximate surface area is 227 Å². The molecule has 0 amide bonds. The third kappa shape index (κ3) is 5.52. The number of hydrogen-bond acceptors (Lipinski definition) is 6. The van der Waals surface area contributed by atoms with E-state index >= 15 is 0 Å². The van der Waals surface area contributed by atoms with Crippen molar-refractivity contribution < 1.29 is 0 Å². The van der Waals surface area contributed by atoms with Gasteiger partial charge in [0.15, 0.2) is 5.82 Å². The third-order valence-corrected chi connectivity index (χ3v) is 7.71. The maximum absolute atomic E-state index is 13.8. The highest BCUT2D eigenvalue weighted by molar-refractivity contribution is 5.79. The Kier molecular flexibility index (Phi) is 7.27. The molecule has 1 saturated carbocycles. The Balaban J connectivity index is 1.53. The molecule has 1 atom stereocenters. The number of tetrazole rings is 1. The molecule has 0 bridgehead atoms. The molecule has 0 aliphatic heterocycles. The molecule has 8 nitrogen and oxygen atoms in total. The largest absolute Gasteiger partial charge is 0.322 e. The first kappa shape index (κ1) is 25.1. The predicted octanol–water partition coefficient (Wildman–Crippen LogP) is 5.52. The zero-order valence-corrected chi connectivity index (χ0v) is 22.2. The summed E-state index contributed by atoms with van der Waals surface area (Å²) in [6.45, 7) is 3.22. The van der Waals surface area contributed by atoms with Crippen LogP contribution in [0.5, 0.6) is 0 Å². The van der Waals surface area contributed by atoms with E-state index in [0.717, 1.165) is 53.3 Å². The minimum absolute atomic E-state index is 0.124. The second-order valence-corrected chi connectivity index (χ2v) is 10.6. The molecule has 0 spiro atoms. The molecule has 5 aromatic rings. The number of pyridine rings is 2. The molecule has 3 heterocycles. The zero-order chi connectivity index (χ0) is 26.6. The fraction of sp³-hybridized carbons (Fsp3) is 0.323. The number of nitrogens with zero attached hydrogens (tertiary/aromatic N) is 6. The van der Waals surface area contributed by atoms with Crippen LogP contribution in [0.3, 0.4) is 0 Å². The summed E-state index contributed by atoms with van der Waals surface area (Å²) in [6.07, 6.45) is 9.30. The van der Waals surface area contributed by atoms with E-state index in [-0.39, 0.29) is 11.6 Å². The fourth-order valence-corrected chi connectivity index (χ4v) is 5.78. The van der Waals surface area contributed by atoms with E-state index in [0.29, 0.717) is 24.5 Å². The molecule has 1 aliphatic carbocycles. The number of aromatic nitrogens is 6. The van der Waals surface area contributed by atoms with E-state index in [1.807, 2.05) is 54.2 Å². The fourth-order valence-electron chi connectivity index (χ4n) is 5.78. The standard InChI is InChI=1S/C31H33N7O/c1-22-14-15-25-18-27(31(39)33-28(25)17-22)29(30-34-35-36-38(30)26-12-6-3-7-13-26)37(20-23-9-4-2-5-10-23)21-24-11-8-16-32-19-24/h2,4-5,8-11,14-19,26,29H,3,6-7,12-13,20-21H2,1H3,(H,33,39)/t29-/m0/s1. The van der Waals surface area contributed by atoms with Gasteiger partial charge < -0.3 is 4.98 Å². The van der Waals surface area contributed by atoms with Crippen LogP contribution in [0.2, 0.25) is 0 Å². The van der Waals surface area contributed by atoms with Crippen molar-refractivity contribution >= 4 is 10.9 Å². The van der Waals surface area contributed by atoms with Crippen molar-refractivity contribution in [3.8, 4) is 0 Å². The molecule has 0 saturated heterocycles. The summed E-state index contributed by atoms with van der Waals surface area (Å²) in [6, 6.07) is 22.3. The predicted molar refractivity (Wildman–Crippen MR) is 151 cm³/mol. The van der Waals surface area contributed by atoms with Crippen molar-refractivity contribution in [2.24, 2.45) is 0 Å². The molecule has 198 valence electrons. The van der Waals surface area contributed by atoms with Crippen LogP contribution >= 0.6 is 0 Å². The lowest BCUT2D eigenvalue weighted by Gasteiger charge is -2.32. The average molecular weight is 520 g/mol. The number of aromatic amines is 1. The van der Waals surface area contributed by atoms with Crippen LogP contribution in [0.25, 0.3) is 10.9 Å².